The van der Waals surface area contributed by atoms with Crippen LogP contribution in [0.4, 0.5) is 4.79 Å². The van der Waals surface area contributed by atoms with Gasteiger partial charge in [0, 0.05) is 11.1 Å². The third-order valence-electron chi connectivity index (χ3n) is 4.72. The molecule has 1 aliphatic rings. The summed E-state index contributed by atoms with van der Waals surface area (Å²) in [5.74, 6) is 0. The fraction of sp³-hybridized carbons (Fsp3) is 0.136. The van der Waals surface area contributed by atoms with Crippen LogP contribution in [0.1, 0.15) is 16.7 Å². The summed E-state index contributed by atoms with van der Waals surface area (Å²) in [6, 6.07) is 29.9. The highest BCUT2D eigenvalue weighted by molar-refractivity contribution is 5.73. The van der Waals surface area contributed by atoms with Crippen molar-refractivity contribution in [2.45, 2.75) is 18.1 Å². The highest BCUT2D eigenvalue weighted by Crippen LogP contribution is 2.41. The van der Waals surface area contributed by atoms with E-state index >= 15 is 0 Å². The molecule has 0 aliphatic carbocycles. The smallest absolute Gasteiger partial charge is 0.408 e. The fourth-order valence-electron chi connectivity index (χ4n) is 3.59. The van der Waals surface area contributed by atoms with Gasteiger partial charge >= 0.3 is 6.09 Å². The summed E-state index contributed by atoms with van der Waals surface area (Å²) in [7, 11) is 0. The van der Waals surface area contributed by atoms with E-state index in [0.29, 0.717) is 6.42 Å². The Balaban J connectivity index is 1.85. The standard InChI is InChI=1S/C22H19NO2/c24-21-23-20(16-17-10-4-1-5-11-17)22(25-21,18-12-6-2-7-13-18)19-14-8-3-9-15-19/h1-15,20H,16H2,(H,23,24)/t20-/m1/s1. The lowest BCUT2D eigenvalue weighted by Crippen LogP contribution is -2.43. The van der Waals surface area contributed by atoms with Crippen LogP contribution in [0.25, 0.3) is 0 Å². The fourth-order valence-corrected chi connectivity index (χ4v) is 3.59. The van der Waals surface area contributed by atoms with Crippen molar-refractivity contribution in [1.29, 1.82) is 0 Å². The summed E-state index contributed by atoms with van der Waals surface area (Å²) in [4.78, 5) is 12.3. The molecule has 1 fully saturated rings. The predicted octanol–water partition coefficient (Wildman–Crippen LogP) is 4.28. The molecule has 1 atom stereocenters. The Morgan fingerprint density at radius 3 is 1.76 bits per heavy atom. The van der Waals surface area contributed by atoms with Gasteiger partial charge in [-0.1, -0.05) is 91.0 Å². The Hall–Kier alpha value is -3.07. The van der Waals surface area contributed by atoms with Crippen LogP contribution in [-0.2, 0) is 16.8 Å². The first-order chi connectivity index (χ1) is 12.3. The molecule has 3 nitrogen and oxygen atoms in total. The second-order valence-corrected chi connectivity index (χ2v) is 6.24. The van der Waals surface area contributed by atoms with Crippen molar-refractivity contribution in [3.05, 3.63) is 108 Å². The zero-order valence-electron chi connectivity index (χ0n) is 13.8. The lowest BCUT2D eigenvalue weighted by molar-refractivity contribution is 0.0683. The molecule has 3 aromatic rings. The number of hydrogen-bond donors (Lipinski definition) is 1. The molecule has 4 rings (SSSR count). The van der Waals surface area contributed by atoms with Gasteiger partial charge in [0.15, 0.2) is 5.60 Å². The molecule has 0 radical (unpaired) electrons. The van der Waals surface area contributed by atoms with Crippen LogP contribution in [0, 0.1) is 0 Å². The zero-order chi connectivity index (χ0) is 17.1. The number of nitrogens with one attached hydrogen (secondary N) is 1. The SMILES string of the molecule is O=C1N[C@H](Cc2ccccc2)C(c2ccccc2)(c2ccccc2)O1. The van der Waals surface area contributed by atoms with Crippen molar-refractivity contribution in [2.24, 2.45) is 0 Å². The predicted molar refractivity (Wildman–Crippen MR) is 97.2 cm³/mol. The molecule has 0 saturated carbocycles. The molecule has 25 heavy (non-hydrogen) atoms. The lowest BCUT2D eigenvalue weighted by Gasteiger charge is -2.33. The number of rotatable bonds is 4. The van der Waals surface area contributed by atoms with E-state index in [1.165, 1.54) is 0 Å². The maximum absolute atomic E-state index is 12.3. The third kappa shape index (κ3) is 2.78. The van der Waals surface area contributed by atoms with Crippen molar-refractivity contribution >= 4 is 6.09 Å². The molecule has 3 aromatic carbocycles. The molecule has 1 amide bonds. The number of carbonyl (C=O) groups is 1. The second kappa shape index (κ2) is 6.44. The van der Waals surface area contributed by atoms with Gasteiger partial charge in [0.05, 0.1) is 6.04 Å². The van der Waals surface area contributed by atoms with Gasteiger partial charge in [-0.3, -0.25) is 0 Å². The molecule has 124 valence electrons. The van der Waals surface area contributed by atoms with Crippen LogP contribution in [0.15, 0.2) is 91.0 Å². The van der Waals surface area contributed by atoms with Crippen molar-refractivity contribution in [1.82, 2.24) is 5.32 Å². The van der Waals surface area contributed by atoms with Crippen molar-refractivity contribution in [3.8, 4) is 0 Å². The largest absolute Gasteiger partial charge is 0.431 e. The topological polar surface area (TPSA) is 38.3 Å². The number of ether oxygens (including phenoxy) is 1. The quantitative estimate of drug-likeness (QED) is 0.776. The number of carbonyl (C=O) groups excluding carboxylic acids is 1. The average molecular weight is 329 g/mol. The van der Waals surface area contributed by atoms with Gasteiger partial charge in [-0.2, -0.15) is 0 Å². The first kappa shape index (κ1) is 15.5. The van der Waals surface area contributed by atoms with E-state index in [0.717, 1.165) is 16.7 Å². The minimum absolute atomic E-state index is 0.188. The normalized spacial score (nSPS) is 18.4. The molecule has 1 N–H and O–H groups in total. The number of cyclic esters (lactones) is 1. The summed E-state index contributed by atoms with van der Waals surface area (Å²) in [6.07, 6.45) is 0.310. The summed E-state index contributed by atoms with van der Waals surface area (Å²) < 4.78 is 5.96. The van der Waals surface area contributed by atoms with Gasteiger partial charge in [0.2, 0.25) is 0 Å². The number of benzene rings is 3. The zero-order valence-corrected chi connectivity index (χ0v) is 13.8. The molecule has 1 aliphatic heterocycles. The van der Waals surface area contributed by atoms with Crippen LogP contribution >= 0.6 is 0 Å². The highest BCUT2D eigenvalue weighted by Gasteiger charge is 2.51. The molecule has 1 saturated heterocycles. The first-order valence-electron chi connectivity index (χ1n) is 8.43. The van der Waals surface area contributed by atoms with Crippen LogP contribution in [0.3, 0.4) is 0 Å². The van der Waals surface area contributed by atoms with Crippen molar-refractivity contribution < 1.29 is 9.53 Å². The second-order valence-electron chi connectivity index (χ2n) is 6.24. The van der Waals surface area contributed by atoms with E-state index < -0.39 is 5.60 Å². The minimum atomic E-state index is -0.838. The Morgan fingerprint density at radius 2 is 1.24 bits per heavy atom. The molecule has 3 heteroatoms. The van der Waals surface area contributed by atoms with Crippen molar-refractivity contribution in [3.63, 3.8) is 0 Å². The summed E-state index contributed by atoms with van der Waals surface area (Å²) >= 11 is 0. The average Bonchev–Trinajstić information content (AvgIpc) is 3.01. The Bertz CT molecular complexity index is 807. The maximum Gasteiger partial charge on any atom is 0.408 e. The molecular weight excluding hydrogens is 310 g/mol. The molecule has 0 bridgehead atoms. The third-order valence-corrected chi connectivity index (χ3v) is 4.72. The molecule has 0 spiro atoms. The number of hydrogen-bond acceptors (Lipinski definition) is 2. The Morgan fingerprint density at radius 1 is 0.760 bits per heavy atom. The van der Waals surface area contributed by atoms with E-state index in [1.54, 1.807) is 0 Å². The minimum Gasteiger partial charge on any atom is -0.431 e. The molecule has 0 aromatic heterocycles. The van der Waals surface area contributed by atoms with Gasteiger partial charge < -0.3 is 10.1 Å². The molecular formula is C22H19NO2. The Kier molecular flexibility index (Phi) is 3.98. The summed E-state index contributed by atoms with van der Waals surface area (Å²) in [6.45, 7) is 0. The molecule has 1 heterocycles. The lowest BCUT2D eigenvalue weighted by atomic mass is 9.78. The van der Waals surface area contributed by atoms with Gasteiger partial charge in [0.25, 0.3) is 0 Å². The number of amides is 1. The Labute approximate surface area is 147 Å². The number of alkyl carbamates (subject to hydrolysis) is 1. The van der Waals surface area contributed by atoms with Crippen molar-refractivity contribution in [2.75, 3.05) is 0 Å². The molecule has 0 unspecified atom stereocenters. The summed E-state index contributed by atoms with van der Waals surface area (Å²) in [5, 5.41) is 3.03. The monoisotopic (exact) mass is 329 g/mol. The van der Waals surface area contributed by atoms with Gasteiger partial charge in [-0.05, 0) is 12.0 Å². The first-order valence-corrected chi connectivity index (χ1v) is 8.43. The van der Waals surface area contributed by atoms with E-state index in [4.69, 9.17) is 4.74 Å². The van der Waals surface area contributed by atoms with Crippen LogP contribution in [0.5, 0.6) is 0 Å². The maximum atomic E-state index is 12.3. The van der Waals surface area contributed by atoms with Crippen LogP contribution in [-0.4, -0.2) is 12.1 Å². The van der Waals surface area contributed by atoms with Gasteiger partial charge in [-0.15, -0.1) is 0 Å². The van der Waals surface area contributed by atoms with Gasteiger partial charge in [0.1, 0.15) is 0 Å². The van der Waals surface area contributed by atoms with Gasteiger partial charge in [-0.25, -0.2) is 4.79 Å². The van der Waals surface area contributed by atoms with E-state index in [1.807, 2.05) is 78.9 Å². The van der Waals surface area contributed by atoms with E-state index in [-0.39, 0.29) is 12.1 Å². The summed E-state index contributed by atoms with van der Waals surface area (Å²) in [5.41, 5.74) is 2.27. The van der Waals surface area contributed by atoms with E-state index in [9.17, 15) is 4.79 Å². The highest BCUT2D eigenvalue weighted by atomic mass is 16.6. The van der Waals surface area contributed by atoms with E-state index in [2.05, 4.69) is 17.4 Å². The van der Waals surface area contributed by atoms with Crippen LogP contribution < -0.4 is 5.32 Å². The van der Waals surface area contributed by atoms with Crippen LogP contribution in [0.2, 0.25) is 0 Å².